The van der Waals surface area contributed by atoms with E-state index < -0.39 is 17.4 Å². The number of aryl methyl sites for hydroxylation is 1. The van der Waals surface area contributed by atoms with Crippen LogP contribution in [0.25, 0.3) is 22.3 Å². The molecule has 0 saturated carbocycles. The molecule has 1 fully saturated rings. The molecular weight excluding hydrogens is 545 g/mol. The summed E-state index contributed by atoms with van der Waals surface area (Å²) in [5.74, 6) is -1.18. The highest BCUT2D eigenvalue weighted by atomic mass is 19.1. The molecule has 0 radical (unpaired) electrons. The van der Waals surface area contributed by atoms with Gasteiger partial charge in [-0.15, -0.1) is 5.10 Å². The summed E-state index contributed by atoms with van der Waals surface area (Å²) in [6, 6.07) is 4.80. The molecule has 3 aromatic heterocycles. The Hall–Kier alpha value is -4.00. The number of aromatic nitrogens is 5. The van der Waals surface area contributed by atoms with Crippen molar-refractivity contribution in [2.45, 2.75) is 77.7 Å². The SMILES string of the molecule is CC[C@@]1(O)C(=O)OCc2c1cc1n(c2=O)Cc2c-1nc1cc(F)c(C)cc1c2Cn1cc(COC2CCCCO2)nn1. The molecule has 3 aliphatic heterocycles. The minimum atomic E-state index is -1.93. The molecule has 4 aromatic rings. The van der Waals surface area contributed by atoms with Crippen molar-refractivity contribution >= 4 is 16.9 Å². The summed E-state index contributed by atoms with van der Waals surface area (Å²) in [6.45, 7) is 4.60. The Kier molecular flexibility index (Phi) is 6.44. The third-order valence-electron chi connectivity index (χ3n) is 8.55. The minimum absolute atomic E-state index is 0.0424. The van der Waals surface area contributed by atoms with Gasteiger partial charge in [0.05, 0.1) is 48.4 Å². The second kappa shape index (κ2) is 10.1. The number of cyclic esters (lactones) is 1. The molecule has 12 heteroatoms. The van der Waals surface area contributed by atoms with Gasteiger partial charge in [0, 0.05) is 29.2 Å². The zero-order chi connectivity index (χ0) is 29.2. The first-order chi connectivity index (χ1) is 20.3. The van der Waals surface area contributed by atoms with Gasteiger partial charge in [-0.3, -0.25) is 4.79 Å². The van der Waals surface area contributed by atoms with Crippen LogP contribution >= 0.6 is 0 Å². The van der Waals surface area contributed by atoms with Crippen molar-refractivity contribution < 1.29 is 28.5 Å². The van der Waals surface area contributed by atoms with Crippen LogP contribution in [0.3, 0.4) is 0 Å². The number of ether oxygens (including phenoxy) is 3. The molecular formula is C30H30FN5O6. The number of nitrogens with zero attached hydrogens (tertiary/aromatic N) is 5. The lowest BCUT2D eigenvalue weighted by Crippen LogP contribution is -2.44. The minimum Gasteiger partial charge on any atom is -0.458 e. The van der Waals surface area contributed by atoms with Crippen LogP contribution in [0, 0.1) is 12.7 Å². The average Bonchev–Trinajstić information content (AvgIpc) is 3.60. The first kappa shape index (κ1) is 26.9. The van der Waals surface area contributed by atoms with E-state index >= 15 is 0 Å². The zero-order valence-electron chi connectivity index (χ0n) is 23.4. The Balaban J connectivity index is 1.31. The van der Waals surface area contributed by atoms with Crippen LogP contribution in [-0.4, -0.2) is 48.5 Å². The van der Waals surface area contributed by atoms with Gasteiger partial charge < -0.3 is 23.9 Å². The molecule has 6 heterocycles. The Morgan fingerprint density at radius 1 is 1.21 bits per heavy atom. The van der Waals surface area contributed by atoms with Gasteiger partial charge >= 0.3 is 5.97 Å². The van der Waals surface area contributed by atoms with Gasteiger partial charge in [0.1, 0.15) is 18.1 Å². The molecule has 2 atom stereocenters. The standard InChI is InChI=1S/C30H30FN5O6/c1-3-30(39)22-9-25-27-20(13-36(25)28(37)21(22)15-42-29(30)38)19(18-8-16(2)23(31)10-24(18)32-27)12-35-11-17(33-34-35)14-41-26-6-4-5-7-40-26/h8-11,26,39H,3-7,12-15H2,1-2H3/t26?,30-/m0/s1. The molecule has 42 heavy (non-hydrogen) atoms. The van der Waals surface area contributed by atoms with E-state index in [0.717, 1.165) is 35.8 Å². The smallest absolute Gasteiger partial charge is 0.343 e. The summed E-state index contributed by atoms with van der Waals surface area (Å²) >= 11 is 0. The number of esters is 1. The summed E-state index contributed by atoms with van der Waals surface area (Å²) in [5, 5.41) is 20.5. The predicted octanol–water partition coefficient (Wildman–Crippen LogP) is 3.21. The molecule has 1 aromatic carbocycles. The van der Waals surface area contributed by atoms with E-state index in [2.05, 4.69) is 10.3 Å². The normalized spacial score (nSPS) is 21.2. The molecule has 0 spiro atoms. The van der Waals surface area contributed by atoms with Crippen molar-refractivity contribution in [3.8, 4) is 11.4 Å². The number of carbonyl (C=O) groups is 1. The maximum absolute atomic E-state index is 14.7. The molecule has 1 saturated heterocycles. The van der Waals surface area contributed by atoms with E-state index in [0.29, 0.717) is 41.3 Å². The van der Waals surface area contributed by atoms with E-state index in [1.807, 2.05) is 0 Å². The number of carbonyl (C=O) groups excluding carboxylic acids is 1. The maximum Gasteiger partial charge on any atom is 0.343 e. The molecule has 218 valence electrons. The first-order valence-electron chi connectivity index (χ1n) is 14.2. The lowest BCUT2D eigenvalue weighted by Gasteiger charge is -2.31. The Morgan fingerprint density at radius 3 is 2.86 bits per heavy atom. The third-order valence-corrected chi connectivity index (χ3v) is 8.55. The van der Waals surface area contributed by atoms with Gasteiger partial charge in [0.15, 0.2) is 11.9 Å². The van der Waals surface area contributed by atoms with Gasteiger partial charge in [-0.25, -0.2) is 18.9 Å². The van der Waals surface area contributed by atoms with Gasteiger partial charge in [-0.05, 0) is 55.9 Å². The number of fused-ring (bicyclic) bond motifs is 5. The fourth-order valence-electron chi connectivity index (χ4n) is 6.14. The number of hydrogen-bond donors (Lipinski definition) is 1. The van der Waals surface area contributed by atoms with Crippen LogP contribution in [0.1, 0.15) is 66.1 Å². The summed E-state index contributed by atoms with van der Waals surface area (Å²) in [5.41, 5.74) is 2.28. The Bertz CT molecular complexity index is 1810. The second-order valence-corrected chi connectivity index (χ2v) is 11.2. The summed E-state index contributed by atoms with van der Waals surface area (Å²) < 4.78 is 34.7. The predicted molar refractivity (Wildman–Crippen MR) is 147 cm³/mol. The van der Waals surface area contributed by atoms with E-state index in [4.69, 9.17) is 19.2 Å². The van der Waals surface area contributed by atoms with Crippen LogP contribution in [0.15, 0.2) is 29.2 Å². The lowest BCUT2D eigenvalue weighted by atomic mass is 9.86. The van der Waals surface area contributed by atoms with E-state index in [-0.39, 0.29) is 49.2 Å². The fourth-order valence-corrected chi connectivity index (χ4v) is 6.14. The van der Waals surface area contributed by atoms with E-state index in [1.165, 1.54) is 6.07 Å². The largest absolute Gasteiger partial charge is 0.458 e. The number of halogens is 1. The average molecular weight is 576 g/mol. The molecule has 1 N–H and O–H groups in total. The zero-order valence-corrected chi connectivity index (χ0v) is 23.4. The number of pyridine rings is 2. The van der Waals surface area contributed by atoms with Crippen molar-refractivity contribution in [3.63, 3.8) is 0 Å². The second-order valence-electron chi connectivity index (χ2n) is 11.2. The molecule has 0 bridgehead atoms. The molecule has 0 aliphatic carbocycles. The van der Waals surface area contributed by atoms with Crippen LogP contribution < -0.4 is 5.56 Å². The summed E-state index contributed by atoms with van der Waals surface area (Å²) in [6.07, 6.45) is 4.54. The van der Waals surface area contributed by atoms with Crippen LogP contribution in [0.4, 0.5) is 4.39 Å². The van der Waals surface area contributed by atoms with Gasteiger partial charge in [0.2, 0.25) is 0 Å². The van der Waals surface area contributed by atoms with Crippen molar-refractivity contribution in [1.29, 1.82) is 0 Å². The van der Waals surface area contributed by atoms with Crippen LogP contribution in [0.5, 0.6) is 0 Å². The van der Waals surface area contributed by atoms with Crippen LogP contribution in [0.2, 0.25) is 0 Å². The van der Waals surface area contributed by atoms with Crippen molar-refractivity contribution in [3.05, 3.63) is 74.1 Å². The monoisotopic (exact) mass is 575 g/mol. The van der Waals surface area contributed by atoms with E-state index in [9.17, 15) is 19.1 Å². The third kappa shape index (κ3) is 4.24. The van der Waals surface area contributed by atoms with Crippen molar-refractivity contribution in [2.24, 2.45) is 0 Å². The topological polar surface area (TPSA) is 131 Å². The Labute approximate surface area is 239 Å². The molecule has 1 unspecified atom stereocenters. The highest BCUT2D eigenvalue weighted by Gasteiger charge is 2.45. The van der Waals surface area contributed by atoms with Crippen LogP contribution in [-0.2, 0) is 50.9 Å². The van der Waals surface area contributed by atoms with Gasteiger partial charge in [-0.1, -0.05) is 12.1 Å². The molecule has 7 rings (SSSR count). The lowest BCUT2D eigenvalue weighted by molar-refractivity contribution is -0.172. The maximum atomic E-state index is 14.7. The molecule has 11 nitrogen and oxygen atoms in total. The highest BCUT2D eigenvalue weighted by molar-refractivity contribution is 5.89. The number of hydrogen-bond acceptors (Lipinski definition) is 9. The molecule has 3 aliphatic rings. The quantitative estimate of drug-likeness (QED) is 0.303. The summed E-state index contributed by atoms with van der Waals surface area (Å²) in [4.78, 5) is 31.0. The summed E-state index contributed by atoms with van der Waals surface area (Å²) in [7, 11) is 0. The highest BCUT2D eigenvalue weighted by Crippen LogP contribution is 2.40. The van der Waals surface area contributed by atoms with Crippen molar-refractivity contribution in [2.75, 3.05) is 6.61 Å². The Morgan fingerprint density at radius 2 is 2.07 bits per heavy atom. The van der Waals surface area contributed by atoms with Gasteiger partial charge in [0.25, 0.3) is 5.56 Å². The number of benzene rings is 1. The first-order valence-corrected chi connectivity index (χ1v) is 14.2. The molecule has 0 amide bonds. The van der Waals surface area contributed by atoms with Gasteiger partial charge in [-0.2, -0.15) is 0 Å². The number of aliphatic hydroxyl groups is 1. The number of rotatable bonds is 6. The fraction of sp³-hybridized carbons (Fsp3) is 0.433. The van der Waals surface area contributed by atoms with E-state index in [1.54, 1.807) is 41.4 Å². The van der Waals surface area contributed by atoms with Crippen molar-refractivity contribution in [1.82, 2.24) is 24.5 Å².